The van der Waals surface area contributed by atoms with Crippen LogP contribution in [0.15, 0.2) is 12.2 Å². The highest BCUT2D eigenvalue weighted by atomic mass is 28.4. The molecule has 6 heteroatoms. The number of unbranched alkanes of at least 4 members (excludes halogenated alkanes) is 2. The fourth-order valence-corrected chi connectivity index (χ4v) is 3.53. The van der Waals surface area contributed by atoms with Crippen LogP contribution in [0.25, 0.3) is 0 Å². The van der Waals surface area contributed by atoms with Gasteiger partial charge in [0.2, 0.25) is 0 Å². The second-order valence-electron chi connectivity index (χ2n) is 4.83. The Hall–Kier alpha value is -0.243. The number of ether oxygens (including phenoxy) is 2. The summed E-state index contributed by atoms with van der Waals surface area (Å²) in [6.07, 6.45) is 9.04. The Labute approximate surface area is 123 Å². The molecule has 1 aliphatic heterocycles. The minimum absolute atomic E-state index is 0.377. The monoisotopic (exact) mass is 304 g/mol. The Kier molecular flexibility index (Phi) is 9.33. The maximum atomic E-state index is 5.48. The normalized spacial score (nSPS) is 18.9. The standard InChI is InChI=1S/C14H28O5Si/c1-15-20(16-2,17-3)11-9-7-5-4-6-8-10-18-12-14-13-19-14/h5,7,14H,4,6,8-13H2,1-3H3. The van der Waals surface area contributed by atoms with Crippen molar-refractivity contribution in [1.82, 2.24) is 0 Å². The summed E-state index contributed by atoms with van der Waals surface area (Å²) < 4.78 is 26.7. The van der Waals surface area contributed by atoms with E-state index in [0.29, 0.717) is 6.10 Å². The van der Waals surface area contributed by atoms with Crippen molar-refractivity contribution in [3.63, 3.8) is 0 Å². The predicted molar refractivity (Wildman–Crippen MR) is 79.8 cm³/mol. The van der Waals surface area contributed by atoms with Crippen molar-refractivity contribution in [3.05, 3.63) is 12.2 Å². The lowest BCUT2D eigenvalue weighted by Crippen LogP contribution is -2.42. The van der Waals surface area contributed by atoms with E-state index in [9.17, 15) is 0 Å². The highest BCUT2D eigenvalue weighted by Crippen LogP contribution is 2.15. The van der Waals surface area contributed by atoms with E-state index in [-0.39, 0.29) is 0 Å². The molecule has 0 aromatic rings. The average Bonchev–Trinajstić information content (AvgIpc) is 3.30. The fraction of sp³-hybridized carbons (Fsp3) is 0.857. The minimum Gasteiger partial charge on any atom is -0.379 e. The summed E-state index contributed by atoms with van der Waals surface area (Å²) in [6.45, 7) is 2.46. The van der Waals surface area contributed by atoms with E-state index >= 15 is 0 Å². The predicted octanol–water partition coefficient (Wildman–Crippen LogP) is 2.40. The lowest BCUT2D eigenvalue weighted by molar-refractivity contribution is 0.113. The summed E-state index contributed by atoms with van der Waals surface area (Å²) in [6, 6.07) is 0.817. The largest absolute Gasteiger partial charge is 0.500 e. The first-order valence-corrected chi connectivity index (χ1v) is 9.19. The van der Waals surface area contributed by atoms with Crippen molar-refractivity contribution in [3.8, 4) is 0 Å². The highest BCUT2D eigenvalue weighted by molar-refractivity contribution is 6.60. The van der Waals surface area contributed by atoms with E-state index in [2.05, 4.69) is 12.2 Å². The highest BCUT2D eigenvalue weighted by Gasteiger charge is 2.36. The molecule has 1 atom stereocenters. The van der Waals surface area contributed by atoms with Crippen LogP contribution in [0, 0.1) is 0 Å². The molecular weight excluding hydrogens is 276 g/mol. The van der Waals surface area contributed by atoms with Crippen molar-refractivity contribution < 1.29 is 22.8 Å². The maximum absolute atomic E-state index is 5.48. The van der Waals surface area contributed by atoms with Crippen molar-refractivity contribution in [2.45, 2.75) is 37.8 Å². The molecule has 0 N–H and O–H groups in total. The van der Waals surface area contributed by atoms with E-state index < -0.39 is 8.80 Å². The van der Waals surface area contributed by atoms with Crippen LogP contribution in [-0.4, -0.2) is 56.1 Å². The summed E-state index contributed by atoms with van der Waals surface area (Å²) in [4.78, 5) is 0. The molecule has 118 valence electrons. The third-order valence-electron chi connectivity index (χ3n) is 3.33. The summed E-state index contributed by atoms with van der Waals surface area (Å²) in [5.41, 5.74) is 0. The molecule has 0 radical (unpaired) electrons. The number of rotatable bonds is 13. The van der Waals surface area contributed by atoms with Crippen molar-refractivity contribution in [2.75, 3.05) is 41.2 Å². The van der Waals surface area contributed by atoms with Gasteiger partial charge in [0.1, 0.15) is 6.10 Å². The van der Waals surface area contributed by atoms with Crippen LogP contribution in [0.5, 0.6) is 0 Å². The molecule has 0 aliphatic carbocycles. The van der Waals surface area contributed by atoms with E-state index in [1.54, 1.807) is 21.3 Å². The topological polar surface area (TPSA) is 49.5 Å². The third-order valence-corrected chi connectivity index (χ3v) is 6.10. The van der Waals surface area contributed by atoms with Crippen LogP contribution in [-0.2, 0) is 22.8 Å². The quantitative estimate of drug-likeness (QED) is 0.226. The molecule has 0 aromatic heterocycles. The SMILES string of the molecule is CO[Si](CCC=CCCCCOCC1CO1)(OC)OC. The molecule has 1 saturated heterocycles. The molecule has 5 nitrogen and oxygen atoms in total. The van der Waals surface area contributed by atoms with Crippen LogP contribution in [0.1, 0.15) is 25.7 Å². The van der Waals surface area contributed by atoms with E-state index in [1.165, 1.54) is 0 Å². The van der Waals surface area contributed by atoms with E-state index in [1.807, 2.05) is 0 Å². The summed E-state index contributed by atoms with van der Waals surface area (Å²) in [5.74, 6) is 0. The van der Waals surface area contributed by atoms with Crippen molar-refractivity contribution in [2.24, 2.45) is 0 Å². The van der Waals surface area contributed by atoms with Gasteiger partial charge in [-0.15, -0.1) is 0 Å². The van der Waals surface area contributed by atoms with Crippen LogP contribution in [0.2, 0.25) is 6.04 Å². The van der Waals surface area contributed by atoms with Crippen LogP contribution >= 0.6 is 0 Å². The average molecular weight is 304 g/mol. The molecule has 20 heavy (non-hydrogen) atoms. The Morgan fingerprint density at radius 2 is 1.70 bits per heavy atom. The molecule has 1 aliphatic rings. The van der Waals surface area contributed by atoms with Gasteiger partial charge < -0.3 is 22.8 Å². The van der Waals surface area contributed by atoms with Gasteiger partial charge in [-0.05, 0) is 25.7 Å². The third kappa shape index (κ3) is 7.52. The summed E-state index contributed by atoms with van der Waals surface area (Å²) in [7, 11) is 2.55. The molecule has 1 heterocycles. The van der Waals surface area contributed by atoms with Gasteiger partial charge in [0.15, 0.2) is 0 Å². The second kappa shape index (κ2) is 10.5. The Morgan fingerprint density at radius 3 is 2.30 bits per heavy atom. The van der Waals surface area contributed by atoms with E-state index in [0.717, 1.165) is 51.5 Å². The smallest absolute Gasteiger partial charge is 0.379 e. The van der Waals surface area contributed by atoms with Crippen molar-refractivity contribution >= 4 is 8.80 Å². The zero-order chi connectivity index (χ0) is 14.7. The first kappa shape index (κ1) is 17.8. The Bertz CT molecular complexity index is 256. The minimum atomic E-state index is -2.39. The molecule has 0 aromatic carbocycles. The molecule has 0 saturated carbocycles. The molecule has 1 unspecified atom stereocenters. The Balaban J connectivity index is 1.92. The van der Waals surface area contributed by atoms with Gasteiger partial charge in [-0.3, -0.25) is 0 Å². The lowest BCUT2D eigenvalue weighted by Gasteiger charge is -2.23. The van der Waals surface area contributed by atoms with Gasteiger partial charge in [-0.1, -0.05) is 12.2 Å². The van der Waals surface area contributed by atoms with Gasteiger partial charge in [0.25, 0.3) is 0 Å². The Morgan fingerprint density at radius 1 is 1.05 bits per heavy atom. The van der Waals surface area contributed by atoms with Gasteiger partial charge in [0, 0.05) is 34.0 Å². The lowest BCUT2D eigenvalue weighted by atomic mass is 10.2. The molecule has 0 bridgehead atoms. The second-order valence-corrected chi connectivity index (χ2v) is 7.92. The molecule has 1 fully saturated rings. The zero-order valence-corrected chi connectivity index (χ0v) is 13.9. The molecule has 0 amide bonds. The van der Waals surface area contributed by atoms with Crippen LogP contribution in [0.4, 0.5) is 0 Å². The van der Waals surface area contributed by atoms with Crippen molar-refractivity contribution in [1.29, 1.82) is 0 Å². The zero-order valence-electron chi connectivity index (χ0n) is 12.9. The number of hydrogen-bond donors (Lipinski definition) is 0. The first-order chi connectivity index (χ1) is 9.76. The van der Waals surface area contributed by atoms with Crippen LogP contribution in [0.3, 0.4) is 0 Å². The molecule has 1 rings (SSSR count). The molecular formula is C14H28O5Si. The van der Waals surface area contributed by atoms with Gasteiger partial charge in [-0.25, -0.2) is 0 Å². The van der Waals surface area contributed by atoms with Crippen LogP contribution < -0.4 is 0 Å². The van der Waals surface area contributed by atoms with E-state index in [4.69, 9.17) is 22.8 Å². The molecule has 0 spiro atoms. The maximum Gasteiger partial charge on any atom is 0.500 e. The number of allylic oxidation sites excluding steroid dienone is 2. The first-order valence-electron chi connectivity index (χ1n) is 7.26. The van der Waals surface area contributed by atoms with Gasteiger partial charge >= 0.3 is 8.80 Å². The summed E-state index contributed by atoms with van der Waals surface area (Å²) in [5, 5.41) is 0. The number of hydrogen-bond acceptors (Lipinski definition) is 5. The summed E-state index contributed by atoms with van der Waals surface area (Å²) >= 11 is 0. The van der Waals surface area contributed by atoms with Gasteiger partial charge in [0.05, 0.1) is 13.2 Å². The fourth-order valence-electron chi connectivity index (χ4n) is 1.90. The van der Waals surface area contributed by atoms with Gasteiger partial charge in [-0.2, -0.15) is 0 Å². The number of epoxide rings is 1.